The van der Waals surface area contributed by atoms with Gasteiger partial charge in [0.25, 0.3) is 0 Å². The molecule has 4 nitrogen and oxygen atoms in total. The normalized spacial score (nSPS) is 19.0. The van der Waals surface area contributed by atoms with Gasteiger partial charge in [-0.25, -0.2) is 0 Å². The van der Waals surface area contributed by atoms with Crippen LogP contribution < -0.4 is 21.2 Å². The van der Waals surface area contributed by atoms with Crippen LogP contribution in [0, 0.1) is 12.0 Å². The SMILES string of the molecule is CC1(C)CC(CNC(=O)CCCC[P+](c2[c-]cccc2)(c2ccccc2)c2ccccc2)C(C)(C)N1[O]. The van der Waals surface area contributed by atoms with Gasteiger partial charge >= 0.3 is 0 Å². The molecule has 37 heavy (non-hydrogen) atoms. The second kappa shape index (κ2) is 11.5. The molecule has 1 saturated heterocycles. The third-order valence-electron chi connectivity index (χ3n) is 8.01. The zero-order valence-electron chi connectivity index (χ0n) is 22.6. The first-order valence-corrected chi connectivity index (χ1v) is 15.4. The molecule has 195 valence electrons. The van der Waals surface area contributed by atoms with Crippen molar-refractivity contribution < 1.29 is 10.0 Å². The van der Waals surface area contributed by atoms with Gasteiger partial charge in [-0.2, -0.15) is 18.2 Å². The van der Waals surface area contributed by atoms with Crippen LogP contribution in [-0.2, 0) is 10.0 Å². The molecule has 3 aromatic carbocycles. The summed E-state index contributed by atoms with van der Waals surface area (Å²) in [7, 11) is -1.91. The summed E-state index contributed by atoms with van der Waals surface area (Å²) in [6, 6.07) is 33.5. The first-order chi connectivity index (χ1) is 17.7. The van der Waals surface area contributed by atoms with Crippen molar-refractivity contribution in [2.75, 3.05) is 12.7 Å². The highest BCUT2D eigenvalue weighted by atomic mass is 31.2. The van der Waals surface area contributed by atoms with Crippen LogP contribution in [0.2, 0.25) is 0 Å². The number of hydroxylamine groups is 2. The van der Waals surface area contributed by atoms with E-state index < -0.39 is 18.3 Å². The lowest BCUT2D eigenvalue weighted by Crippen LogP contribution is -2.48. The van der Waals surface area contributed by atoms with Gasteiger partial charge in [-0.1, -0.05) is 36.4 Å². The maximum Gasteiger partial charge on any atom is 0.220 e. The first-order valence-electron chi connectivity index (χ1n) is 13.4. The Morgan fingerprint density at radius 1 is 0.919 bits per heavy atom. The van der Waals surface area contributed by atoms with Crippen molar-refractivity contribution in [1.82, 2.24) is 10.4 Å². The van der Waals surface area contributed by atoms with Crippen LogP contribution >= 0.6 is 7.26 Å². The molecule has 3 aromatic rings. The molecule has 1 aliphatic heterocycles. The summed E-state index contributed by atoms with van der Waals surface area (Å²) in [5.41, 5.74) is -0.867. The predicted molar refractivity (Wildman–Crippen MR) is 155 cm³/mol. The van der Waals surface area contributed by atoms with Crippen LogP contribution in [0.25, 0.3) is 0 Å². The Hall–Kier alpha value is -2.52. The molecule has 0 bridgehead atoms. The second-order valence-corrected chi connectivity index (χ2v) is 15.0. The average Bonchev–Trinajstić information content (AvgIpc) is 3.07. The average molecular weight is 516 g/mol. The minimum atomic E-state index is -1.91. The number of hydrogen-bond donors (Lipinski definition) is 1. The number of carbonyl (C=O) groups excluding carboxylic acids is 1. The lowest BCUT2D eigenvalue weighted by molar-refractivity contribution is -0.248. The Balaban J connectivity index is 1.44. The Kier molecular flexibility index (Phi) is 8.53. The van der Waals surface area contributed by atoms with Gasteiger partial charge in [0, 0.05) is 24.0 Å². The fourth-order valence-electron chi connectivity index (χ4n) is 5.96. The largest absolute Gasteiger partial charge is 0.356 e. The summed E-state index contributed by atoms with van der Waals surface area (Å²) in [4.78, 5) is 12.8. The van der Waals surface area contributed by atoms with Gasteiger partial charge in [-0.15, -0.1) is 22.4 Å². The van der Waals surface area contributed by atoms with E-state index in [0.29, 0.717) is 13.0 Å². The lowest BCUT2D eigenvalue weighted by atomic mass is 9.87. The minimum Gasteiger partial charge on any atom is -0.356 e. The number of amides is 1. The van der Waals surface area contributed by atoms with Crippen molar-refractivity contribution in [3.05, 3.63) is 91.0 Å². The van der Waals surface area contributed by atoms with Crippen LogP contribution in [-0.4, -0.2) is 34.8 Å². The maximum atomic E-state index is 12.8. The van der Waals surface area contributed by atoms with E-state index in [4.69, 9.17) is 0 Å². The molecule has 5 heteroatoms. The topological polar surface area (TPSA) is 52.2 Å². The van der Waals surface area contributed by atoms with E-state index in [0.717, 1.165) is 25.4 Å². The molecule has 1 heterocycles. The number of nitrogens with one attached hydrogen (secondary N) is 1. The van der Waals surface area contributed by atoms with Crippen molar-refractivity contribution in [1.29, 1.82) is 0 Å². The fourth-order valence-corrected chi connectivity index (χ4v) is 10.3. The maximum absolute atomic E-state index is 12.8. The van der Waals surface area contributed by atoms with E-state index >= 15 is 0 Å². The molecule has 0 saturated carbocycles. The Morgan fingerprint density at radius 2 is 1.51 bits per heavy atom. The van der Waals surface area contributed by atoms with Crippen molar-refractivity contribution in [2.45, 2.75) is 64.5 Å². The molecule has 1 unspecified atom stereocenters. The van der Waals surface area contributed by atoms with Gasteiger partial charge < -0.3 is 5.32 Å². The van der Waals surface area contributed by atoms with Gasteiger partial charge in [-0.3, -0.25) is 4.79 Å². The summed E-state index contributed by atoms with van der Waals surface area (Å²) < 4.78 is 0. The summed E-state index contributed by atoms with van der Waals surface area (Å²) >= 11 is 0. The fraction of sp³-hybridized carbons (Fsp3) is 0.406. The number of nitrogens with zero attached hydrogens (tertiary/aromatic N) is 1. The highest BCUT2D eigenvalue weighted by molar-refractivity contribution is 7.95. The van der Waals surface area contributed by atoms with Crippen molar-refractivity contribution in [2.24, 2.45) is 5.92 Å². The molecule has 1 radical (unpaired) electrons. The van der Waals surface area contributed by atoms with E-state index in [2.05, 4.69) is 84.2 Å². The van der Waals surface area contributed by atoms with Crippen LogP contribution in [0.1, 0.15) is 53.4 Å². The quantitative estimate of drug-likeness (QED) is 0.227. The lowest BCUT2D eigenvalue weighted by Gasteiger charge is -2.33. The molecule has 0 aliphatic carbocycles. The van der Waals surface area contributed by atoms with Gasteiger partial charge in [0.05, 0.1) is 13.4 Å². The monoisotopic (exact) mass is 515 g/mol. The zero-order valence-corrected chi connectivity index (χ0v) is 23.5. The van der Waals surface area contributed by atoms with Crippen LogP contribution in [0.15, 0.2) is 84.9 Å². The predicted octanol–water partition coefficient (Wildman–Crippen LogP) is 5.29. The molecular weight excluding hydrogens is 475 g/mol. The standard InChI is InChI=1S/C32H40N2O2P/c1-31(2)24-26(32(3,4)34(31)36)25-33-30(35)22-14-15-23-37(27-16-8-5-9-17-27,28-18-10-6-11-19-28)29-20-12-7-13-21-29/h5-13,16-20,26H,14-15,22-25H2,1-4H3,(H,33,35). The van der Waals surface area contributed by atoms with E-state index in [-0.39, 0.29) is 11.8 Å². The Bertz CT molecular complexity index is 1050. The van der Waals surface area contributed by atoms with Gasteiger partial charge in [0.1, 0.15) is 10.6 Å². The highest BCUT2D eigenvalue weighted by Crippen LogP contribution is 2.55. The number of benzene rings is 3. The molecule has 1 N–H and O–H groups in total. The molecule has 0 spiro atoms. The summed E-state index contributed by atoms with van der Waals surface area (Å²) in [5.74, 6) is 0.222. The van der Waals surface area contributed by atoms with Gasteiger partial charge in [-0.05, 0) is 82.4 Å². The summed E-state index contributed by atoms with van der Waals surface area (Å²) in [6.45, 7) is 8.51. The summed E-state index contributed by atoms with van der Waals surface area (Å²) in [6.07, 6.45) is 4.05. The van der Waals surface area contributed by atoms with Gasteiger partial charge in [0.15, 0.2) is 0 Å². The molecule has 1 fully saturated rings. The van der Waals surface area contributed by atoms with Crippen LogP contribution in [0.5, 0.6) is 0 Å². The third-order valence-corrected chi connectivity index (χ3v) is 12.5. The molecule has 1 aliphatic rings. The molecule has 4 rings (SSSR count). The number of hydrogen-bond acceptors (Lipinski definition) is 2. The summed E-state index contributed by atoms with van der Waals surface area (Å²) in [5, 5.41) is 21.0. The van der Waals surface area contributed by atoms with Crippen molar-refractivity contribution in [3.8, 4) is 0 Å². The van der Waals surface area contributed by atoms with Crippen LogP contribution in [0.3, 0.4) is 0 Å². The third kappa shape index (κ3) is 5.82. The molecule has 1 amide bonds. The first kappa shape index (κ1) is 27.5. The second-order valence-electron chi connectivity index (χ2n) is 11.4. The number of unbranched alkanes of at least 4 members (excludes halogenated alkanes) is 1. The van der Waals surface area contributed by atoms with E-state index in [1.54, 1.807) is 0 Å². The zero-order chi connectivity index (χ0) is 26.5. The highest BCUT2D eigenvalue weighted by Gasteiger charge is 2.52. The minimum absolute atomic E-state index is 0.0765. The van der Waals surface area contributed by atoms with E-state index in [1.165, 1.54) is 21.0 Å². The van der Waals surface area contributed by atoms with E-state index in [1.807, 2.05) is 39.8 Å². The van der Waals surface area contributed by atoms with Crippen molar-refractivity contribution >= 4 is 29.1 Å². The molecule has 1 atom stereocenters. The molecular formula is C32H40N2O2P. The van der Waals surface area contributed by atoms with Crippen LogP contribution in [0.4, 0.5) is 0 Å². The Morgan fingerprint density at radius 3 is 2.03 bits per heavy atom. The van der Waals surface area contributed by atoms with Gasteiger partial charge in [0.2, 0.25) is 5.91 Å². The van der Waals surface area contributed by atoms with Crippen molar-refractivity contribution in [3.63, 3.8) is 0 Å². The molecule has 0 aromatic heterocycles. The number of carbonyl (C=O) groups is 1. The smallest absolute Gasteiger partial charge is 0.220 e. The number of rotatable bonds is 10. The Labute approximate surface area is 223 Å². The van der Waals surface area contributed by atoms with E-state index in [9.17, 15) is 10.0 Å².